The second-order valence-corrected chi connectivity index (χ2v) is 5.39. The first-order valence-electron chi connectivity index (χ1n) is 7.69. The Kier molecular flexibility index (Phi) is 6.07. The Morgan fingerprint density at radius 1 is 0.958 bits per heavy atom. The molecule has 128 valence electrons. The van der Waals surface area contributed by atoms with E-state index in [-0.39, 0.29) is 5.91 Å². The number of benzene rings is 2. The van der Waals surface area contributed by atoms with Gasteiger partial charge in [0.2, 0.25) is 0 Å². The smallest absolute Gasteiger partial charge is 0.253 e. The summed E-state index contributed by atoms with van der Waals surface area (Å²) in [6.45, 7) is 0.582. The van der Waals surface area contributed by atoms with Gasteiger partial charge >= 0.3 is 0 Å². The van der Waals surface area contributed by atoms with E-state index in [1.54, 1.807) is 51.5 Å². The minimum atomic E-state index is -0.0814. The van der Waals surface area contributed by atoms with Crippen molar-refractivity contribution < 1.29 is 19.0 Å². The van der Waals surface area contributed by atoms with Crippen molar-refractivity contribution in [1.29, 1.82) is 0 Å². The van der Waals surface area contributed by atoms with Gasteiger partial charge in [0.05, 0.1) is 21.3 Å². The summed E-state index contributed by atoms with van der Waals surface area (Å²) in [7, 11) is 6.56. The zero-order chi connectivity index (χ0) is 17.5. The van der Waals surface area contributed by atoms with Crippen LogP contribution in [0.4, 0.5) is 0 Å². The fourth-order valence-electron chi connectivity index (χ4n) is 2.45. The Morgan fingerprint density at radius 3 is 2.17 bits per heavy atom. The molecule has 0 N–H and O–H groups in total. The normalized spacial score (nSPS) is 10.2. The number of likely N-dealkylation sites (N-methyl/N-ethyl adjacent to an activating group) is 1. The van der Waals surface area contributed by atoms with Crippen LogP contribution in [0.1, 0.15) is 15.9 Å². The third kappa shape index (κ3) is 4.19. The van der Waals surface area contributed by atoms with E-state index < -0.39 is 0 Å². The molecule has 0 atom stereocenters. The average molecular weight is 329 g/mol. The Morgan fingerprint density at radius 2 is 1.58 bits per heavy atom. The van der Waals surface area contributed by atoms with Crippen LogP contribution < -0.4 is 14.2 Å². The first kappa shape index (κ1) is 17.7. The fraction of sp³-hybridized carbons (Fsp3) is 0.316. The predicted octanol–water partition coefficient (Wildman–Crippen LogP) is 3.03. The molecule has 0 unspecified atom stereocenters. The van der Waals surface area contributed by atoms with Crippen LogP contribution in [0.15, 0.2) is 42.5 Å². The molecule has 0 fully saturated rings. The zero-order valence-electron chi connectivity index (χ0n) is 14.5. The number of carbonyl (C=O) groups is 1. The summed E-state index contributed by atoms with van der Waals surface area (Å²) < 4.78 is 15.8. The van der Waals surface area contributed by atoms with E-state index in [9.17, 15) is 4.79 Å². The van der Waals surface area contributed by atoms with Gasteiger partial charge in [-0.05, 0) is 30.2 Å². The Hall–Kier alpha value is -2.69. The number of ether oxygens (including phenoxy) is 3. The summed E-state index contributed by atoms with van der Waals surface area (Å²) in [6.07, 6.45) is 0.716. The second-order valence-electron chi connectivity index (χ2n) is 5.39. The molecular formula is C19H23NO4. The Labute approximate surface area is 142 Å². The van der Waals surface area contributed by atoms with E-state index in [0.29, 0.717) is 30.0 Å². The van der Waals surface area contributed by atoms with Gasteiger partial charge in [0.1, 0.15) is 17.2 Å². The van der Waals surface area contributed by atoms with Gasteiger partial charge in [-0.3, -0.25) is 4.79 Å². The molecule has 1 amide bonds. The average Bonchev–Trinajstić information content (AvgIpc) is 2.64. The number of amides is 1. The van der Waals surface area contributed by atoms with E-state index in [0.717, 1.165) is 11.3 Å². The van der Waals surface area contributed by atoms with Gasteiger partial charge in [0.25, 0.3) is 5.91 Å². The second kappa shape index (κ2) is 8.24. The standard InChI is InChI=1S/C19H23NO4/c1-20(10-9-14-7-5-6-8-18(14)24-4)19(21)15-11-16(22-2)13-17(12-15)23-3/h5-8,11-13H,9-10H2,1-4H3. The van der Waals surface area contributed by atoms with Crippen molar-refractivity contribution in [3.63, 3.8) is 0 Å². The van der Waals surface area contributed by atoms with Crippen LogP contribution in [0.3, 0.4) is 0 Å². The van der Waals surface area contributed by atoms with Crippen molar-refractivity contribution >= 4 is 5.91 Å². The number of nitrogens with zero attached hydrogens (tertiary/aromatic N) is 1. The van der Waals surface area contributed by atoms with Crippen LogP contribution in [0, 0.1) is 0 Å². The van der Waals surface area contributed by atoms with Crippen molar-refractivity contribution in [1.82, 2.24) is 4.90 Å². The first-order chi connectivity index (χ1) is 11.6. The highest BCUT2D eigenvalue weighted by Crippen LogP contribution is 2.23. The summed E-state index contributed by atoms with van der Waals surface area (Å²) in [5, 5.41) is 0. The molecule has 2 aromatic rings. The van der Waals surface area contributed by atoms with Gasteiger partial charge in [-0.25, -0.2) is 0 Å². The molecule has 2 aromatic carbocycles. The molecule has 5 heteroatoms. The third-order valence-electron chi connectivity index (χ3n) is 3.85. The molecule has 0 bridgehead atoms. The maximum atomic E-state index is 12.6. The van der Waals surface area contributed by atoms with Crippen LogP contribution in [0.2, 0.25) is 0 Å². The number of methoxy groups -OCH3 is 3. The van der Waals surface area contributed by atoms with Gasteiger partial charge in [0.15, 0.2) is 0 Å². The third-order valence-corrected chi connectivity index (χ3v) is 3.85. The maximum absolute atomic E-state index is 12.6. The quantitative estimate of drug-likeness (QED) is 0.783. The van der Waals surface area contributed by atoms with Crippen molar-refractivity contribution in [2.75, 3.05) is 34.9 Å². The van der Waals surface area contributed by atoms with Crippen LogP contribution in [0.25, 0.3) is 0 Å². The van der Waals surface area contributed by atoms with Gasteiger partial charge in [-0.1, -0.05) is 18.2 Å². The maximum Gasteiger partial charge on any atom is 0.253 e. The minimum Gasteiger partial charge on any atom is -0.497 e. The van der Waals surface area contributed by atoms with Gasteiger partial charge < -0.3 is 19.1 Å². The summed E-state index contributed by atoms with van der Waals surface area (Å²) in [6, 6.07) is 13.0. The number of rotatable bonds is 7. The number of hydrogen-bond acceptors (Lipinski definition) is 4. The van der Waals surface area contributed by atoms with E-state index in [1.807, 2.05) is 24.3 Å². The van der Waals surface area contributed by atoms with Gasteiger partial charge in [0, 0.05) is 25.2 Å². The lowest BCUT2D eigenvalue weighted by molar-refractivity contribution is 0.0795. The summed E-state index contributed by atoms with van der Waals surface area (Å²) >= 11 is 0. The molecule has 0 saturated heterocycles. The molecule has 2 rings (SSSR count). The number of carbonyl (C=O) groups excluding carboxylic acids is 1. The van der Waals surface area contributed by atoms with Crippen LogP contribution in [0.5, 0.6) is 17.2 Å². The number of para-hydroxylation sites is 1. The Balaban J connectivity index is 2.09. The van der Waals surface area contributed by atoms with Gasteiger partial charge in [-0.2, -0.15) is 0 Å². The molecule has 0 radical (unpaired) electrons. The van der Waals surface area contributed by atoms with E-state index >= 15 is 0 Å². The highest BCUT2D eigenvalue weighted by Gasteiger charge is 2.15. The van der Waals surface area contributed by atoms with Crippen LogP contribution in [-0.4, -0.2) is 45.7 Å². The molecule has 0 aliphatic rings. The molecule has 0 aliphatic heterocycles. The largest absolute Gasteiger partial charge is 0.497 e. The fourth-order valence-corrected chi connectivity index (χ4v) is 2.45. The lowest BCUT2D eigenvalue weighted by Crippen LogP contribution is -2.29. The SMILES string of the molecule is COc1cc(OC)cc(C(=O)N(C)CCc2ccccc2OC)c1. The first-order valence-corrected chi connectivity index (χ1v) is 7.69. The van der Waals surface area contributed by atoms with Crippen LogP contribution in [-0.2, 0) is 6.42 Å². The number of hydrogen-bond donors (Lipinski definition) is 0. The van der Waals surface area contributed by atoms with E-state index in [4.69, 9.17) is 14.2 Å². The van der Waals surface area contributed by atoms with E-state index in [1.165, 1.54) is 0 Å². The molecular weight excluding hydrogens is 306 g/mol. The lowest BCUT2D eigenvalue weighted by atomic mass is 10.1. The lowest BCUT2D eigenvalue weighted by Gasteiger charge is -2.19. The summed E-state index contributed by atoms with van der Waals surface area (Å²) in [5.74, 6) is 1.94. The summed E-state index contributed by atoms with van der Waals surface area (Å²) in [4.78, 5) is 14.3. The van der Waals surface area contributed by atoms with Crippen LogP contribution >= 0.6 is 0 Å². The molecule has 0 aliphatic carbocycles. The highest BCUT2D eigenvalue weighted by atomic mass is 16.5. The zero-order valence-corrected chi connectivity index (χ0v) is 14.5. The molecule has 0 saturated carbocycles. The molecule has 5 nitrogen and oxygen atoms in total. The molecule has 0 spiro atoms. The van der Waals surface area contributed by atoms with Crippen molar-refractivity contribution in [3.8, 4) is 17.2 Å². The van der Waals surface area contributed by atoms with Gasteiger partial charge in [-0.15, -0.1) is 0 Å². The predicted molar refractivity (Wildman–Crippen MR) is 93.2 cm³/mol. The summed E-state index contributed by atoms with van der Waals surface area (Å²) in [5.41, 5.74) is 1.61. The highest BCUT2D eigenvalue weighted by molar-refractivity contribution is 5.95. The molecule has 24 heavy (non-hydrogen) atoms. The molecule has 0 aromatic heterocycles. The minimum absolute atomic E-state index is 0.0814. The topological polar surface area (TPSA) is 48.0 Å². The van der Waals surface area contributed by atoms with E-state index in [2.05, 4.69) is 0 Å². The van der Waals surface area contributed by atoms with Crippen molar-refractivity contribution in [2.45, 2.75) is 6.42 Å². The van der Waals surface area contributed by atoms with Crippen molar-refractivity contribution in [3.05, 3.63) is 53.6 Å². The monoisotopic (exact) mass is 329 g/mol. The molecule has 0 heterocycles. The Bertz CT molecular complexity index is 677. The van der Waals surface area contributed by atoms with Crippen molar-refractivity contribution in [2.24, 2.45) is 0 Å².